The maximum Gasteiger partial charge on any atom is 0.0819 e. The zero-order valence-corrected chi connectivity index (χ0v) is 10.1. The molecular weight excluding hydrogens is 196 g/mol. The second kappa shape index (κ2) is 5.20. The predicted octanol–water partition coefficient (Wildman–Crippen LogP) is 4.12. The van der Waals surface area contributed by atoms with Gasteiger partial charge in [-0.25, -0.2) is 0 Å². The van der Waals surface area contributed by atoms with Crippen molar-refractivity contribution in [1.29, 1.82) is 0 Å². The highest BCUT2D eigenvalue weighted by Gasteiger charge is 2.23. The quantitative estimate of drug-likeness (QED) is 0.676. The predicted molar refractivity (Wildman–Crippen MR) is 67.3 cm³/mol. The fraction of sp³-hybridized carbons (Fsp3) is 0.467. The van der Waals surface area contributed by atoms with E-state index in [9.17, 15) is 0 Å². The molecule has 1 nitrogen and oxygen atoms in total. The third kappa shape index (κ3) is 2.46. The molecule has 0 radical (unpaired) electrons. The lowest BCUT2D eigenvalue weighted by molar-refractivity contribution is 0.315. The standard InChI is InChI=1S/C15H20O/c1-12-10-14(8-9-15(12)11-16-2)13-6-4-3-5-7-13/h3-7,11-12,14H,8-10H2,1-2H3/b15-11+. The van der Waals surface area contributed by atoms with Crippen molar-refractivity contribution in [1.82, 2.24) is 0 Å². The van der Waals surface area contributed by atoms with Crippen LogP contribution in [0.1, 0.15) is 37.7 Å². The van der Waals surface area contributed by atoms with Crippen LogP contribution in [0.3, 0.4) is 0 Å². The molecule has 1 fully saturated rings. The maximum atomic E-state index is 5.13. The molecule has 86 valence electrons. The summed E-state index contributed by atoms with van der Waals surface area (Å²) in [6.07, 6.45) is 5.61. The molecule has 0 aromatic heterocycles. The number of allylic oxidation sites excluding steroid dienone is 1. The Morgan fingerprint density at radius 3 is 2.62 bits per heavy atom. The zero-order chi connectivity index (χ0) is 11.4. The molecule has 0 N–H and O–H groups in total. The average Bonchev–Trinajstić information content (AvgIpc) is 2.33. The third-order valence-electron chi connectivity index (χ3n) is 3.59. The van der Waals surface area contributed by atoms with Crippen LogP contribution in [-0.2, 0) is 4.74 Å². The average molecular weight is 216 g/mol. The summed E-state index contributed by atoms with van der Waals surface area (Å²) >= 11 is 0. The summed E-state index contributed by atoms with van der Waals surface area (Å²) in [7, 11) is 1.74. The van der Waals surface area contributed by atoms with Gasteiger partial charge in [-0.2, -0.15) is 0 Å². The van der Waals surface area contributed by atoms with Gasteiger partial charge < -0.3 is 4.74 Å². The Bertz CT molecular complexity index is 353. The second-order valence-corrected chi connectivity index (χ2v) is 4.71. The van der Waals surface area contributed by atoms with E-state index < -0.39 is 0 Å². The van der Waals surface area contributed by atoms with Gasteiger partial charge in [0.05, 0.1) is 13.4 Å². The van der Waals surface area contributed by atoms with Gasteiger partial charge in [0, 0.05) is 0 Å². The van der Waals surface area contributed by atoms with Gasteiger partial charge in [-0.15, -0.1) is 0 Å². The van der Waals surface area contributed by atoms with Crippen LogP contribution in [0.15, 0.2) is 42.2 Å². The summed E-state index contributed by atoms with van der Waals surface area (Å²) in [4.78, 5) is 0. The molecular formula is C15H20O. The van der Waals surface area contributed by atoms with Gasteiger partial charge in [-0.05, 0) is 42.2 Å². The van der Waals surface area contributed by atoms with E-state index in [0.29, 0.717) is 5.92 Å². The molecule has 1 heteroatoms. The molecule has 16 heavy (non-hydrogen) atoms. The van der Waals surface area contributed by atoms with Gasteiger partial charge in [0.2, 0.25) is 0 Å². The first-order chi connectivity index (χ1) is 7.81. The van der Waals surface area contributed by atoms with E-state index in [1.54, 1.807) is 7.11 Å². The number of hydrogen-bond acceptors (Lipinski definition) is 1. The van der Waals surface area contributed by atoms with Crippen molar-refractivity contribution >= 4 is 0 Å². The minimum Gasteiger partial charge on any atom is -0.504 e. The van der Waals surface area contributed by atoms with Crippen LogP contribution in [0.5, 0.6) is 0 Å². The van der Waals surface area contributed by atoms with Gasteiger partial charge >= 0.3 is 0 Å². The van der Waals surface area contributed by atoms with E-state index in [2.05, 4.69) is 37.3 Å². The van der Waals surface area contributed by atoms with E-state index in [0.717, 1.165) is 5.92 Å². The highest BCUT2D eigenvalue weighted by molar-refractivity contribution is 5.22. The Balaban J connectivity index is 2.05. The van der Waals surface area contributed by atoms with Crippen molar-refractivity contribution in [2.45, 2.75) is 32.1 Å². The number of ether oxygens (including phenoxy) is 1. The fourth-order valence-corrected chi connectivity index (χ4v) is 2.64. The van der Waals surface area contributed by atoms with E-state index in [1.807, 2.05) is 6.26 Å². The summed E-state index contributed by atoms with van der Waals surface area (Å²) in [6, 6.07) is 10.9. The summed E-state index contributed by atoms with van der Waals surface area (Å²) in [5, 5.41) is 0. The van der Waals surface area contributed by atoms with Crippen LogP contribution in [0, 0.1) is 5.92 Å². The van der Waals surface area contributed by atoms with Crippen molar-refractivity contribution in [2.75, 3.05) is 7.11 Å². The highest BCUT2D eigenvalue weighted by atomic mass is 16.5. The molecule has 0 heterocycles. The van der Waals surface area contributed by atoms with Crippen LogP contribution in [0.25, 0.3) is 0 Å². The van der Waals surface area contributed by atoms with Crippen LogP contribution < -0.4 is 0 Å². The van der Waals surface area contributed by atoms with Crippen LogP contribution >= 0.6 is 0 Å². The minimum atomic E-state index is 0.652. The number of hydrogen-bond donors (Lipinski definition) is 0. The molecule has 1 aromatic carbocycles. The van der Waals surface area contributed by atoms with Gasteiger partial charge in [-0.1, -0.05) is 37.3 Å². The van der Waals surface area contributed by atoms with Crippen LogP contribution in [0.4, 0.5) is 0 Å². The van der Waals surface area contributed by atoms with Crippen molar-refractivity contribution in [3.8, 4) is 0 Å². The van der Waals surface area contributed by atoms with Gasteiger partial charge in [0.25, 0.3) is 0 Å². The summed E-state index contributed by atoms with van der Waals surface area (Å²) in [5.74, 6) is 1.38. The largest absolute Gasteiger partial charge is 0.504 e. The molecule has 0 amide bonds. The first kappa shape index (κ1) is 11.3. The maximum absolute atomic E-state index is 5.13. The smallest absolute Gasteiger partial charge is 0.0819 e. The summed E-state index contributed by atoms with van der Waals surface area (Å²) in [6.45, 7) is 2.31. The Kier molecular flexibility index (Phi) is 3.66. The monoisotopic (exact) mass is 216 g/mol. The molecule has 1 saturated carbocycles. The van der Waals surface area contributed by atoms with Crippen molar-refractivity contribution in [3.63, 3.8) is 0 Å². The first-order valence-electron chi connectivity index (χ1n) is 6.08. The molecule has 0 aliphatic heterocycles. The Morgan fingerprint density at radius 1 is 1.25 bits per heavy atom. The van der Waals surface area contributed by atoms with Crippen LogP contribution in [0.2, 0.25) is 0 Å². The lowest BCUT2D eigenvalue weighted by atomic mass is 9.76. The Hall–Kier alpha value is -1.24. The van der Waals surface area contributed by atoms with E-state index in [-0.39, 0.29) is 0 Å². The Labute approximate surface area is 98.1 Å². The van der Waals surface area contributed by atoms with Gasteiger partial charge in [0.15, 0.2) is 0 Å². The summed E-state index contributed by atoms with van der Waals surface area (Å²) in [5.41, 5.74) is 2.96. The lowest BCUT2D eigenvalue weighted by Gasteiger charge is -2.29. The van der Waals surface area contributed by atoms with Gasteiger partial charge in [-0.3, -0.25) is 0 Å². The number of rotatable bonds is 2. The third-order valence-corrected chi connectivity index (χ3v) is 3.59. The molecule has 1 aromatic rings. The molecule has 1 aliphatic carbocycles. The topological polar surface area (TPSA) is 9.23 Å². The minimum absolute atomic E-state index is 0.652. The van der Waals surface area contributed by atoms with Crippen LogP contribution in [-0.4, -0.2) is 7.11 Å². The number of benzene rings is 1. The second-order valence-electron chi connectivity index (χ2n) is 4.71. The number of methoxy groups -OCH3 is 1. The lowest BCUT2D eigenvalue weighted by Crippen LogP contribution is -2.14. The zero-order valence-electron chi connectivity index (χ0n) is 10.1. The normalized spacial score (nSPS) is 28.0. The first-order valence-corrected chi connectivity index (χ1v) is 6.08. The van der Waals surface area contributed by atoms with Crippen molar-refractivity contribution in [2.24, 2.45) is 5.92 Å². The van der Waals surface area contributed by atoms with Crippen molar-refractivity contribution < 1.29 is 4.74 Å². The highest BCUT2D eigenvalue weighted by Crippen LogP contribution is 2.38. The molecule has 0 spiro atoms. The molecule has 0 bridgehead atoms. The van der Waals surface area contributed by atoms with E-state index in [1.165, 1.54) is 30.4 Å². The molecule has 2 atom stereocenters. The van der Waals surface area contributed by atoms with E-state index >= 15 is 0 Å². The fourth-order valence-electron chi connectivity index (χ4n) is 2.64. The van der Waals surface area contributed by atoms with Crippen molar-refractivity contribution in [3.05, 3.63) is 47.7 Å². The molecule has 2 unspecified atom stereocenters. The molecule has 1 aliphatic rings. The Morgan fingerprint density at radius 2 is 2.00 bits per heavy atom. The SMILES string of the molecule is CO/C=C1\CCC(c2ccccc2)CC1C. The molecule has 0 saturated heterocycles. The molecule has 2 rings (SSSR count). The van der Waals surface area contributed by atoms with Gasteiger partial charge in [0.1, 0.15) is 0 Å². The van der Waals surface area contributed by atoms with E-state index in [4.69, 9.17) is 4.74 Å². The summed E-state index contributed by atoms with van der Waals surface area (Å²) < 4.78 is 5.13.